The van der Waals surface area contributed by atoms with Crippen molar-refractivity contribution in [1.82, 2.24) is 16.0 Å². The second-order valence-electron chi connectivity index (χ2n) is 7.97. The Morgan fingerprint density at radius 1 is 0.917 bits per heavy atom. The normalized spacial score (nSPS) is 14.1. The number of aliphatic hydroxyl groups is 1. The largest absolute Gasteiger partial charge is 0.508 e. The molecule has 1 aromatic carbocycles. The fourth-order valence-corrected chi connectivity index (χ4v) is 3.52. The van der Waals surface area contributed by atoms with E-state index in [4.69, 9.17) is 11.5 Å². The molecule has 0 heterocycles. The second-order valence-corrected chi connectivity index (χ2v) is 8.95. The minimum atomic E-state index is -1.51. The van der Waals surface area contributed by atoms with Crippen LogP contribution in [-0.2, 0) is 30.4 Å². The number of amides is 4. The van der Waals surface area contributed by atoms with Crippen LogP contribution in [0.4, 0.5) is 0 Å². The Hall–Kier alpha value is -3.36. The van der Waals surface area contributed by atoms with Gasteiger partial charge in [0.15, 0.2) is 0 Å². The lowest BCUT2D eigenvalue weighted by Crippen LogP contribution is -2.58. The molecular formula is C22H33N5O8S. The number of thioether (sulfide) groups is 1. The Balaban J connectivity index is 2.82. The summed E-state index contributed by atoms with van der Waals surface area (Å²) in [5.41, 5.74) is 11.7. The molecule has 4 unspecified atom stereocenters. The first-order chi connectivity index (χ1) is 17.0. The maximum absolute atomic E-state index is 12.8. The number of aromatic hydroxyl groups is 1. The van der Waals surface area contributed by atoms with Gasteiger partial charge in [-0.25, -0.2) is 4.79 Å². The van der Waals surface area contributed by atoms with Crippen LogP contribution in [-0.4, -0.2) is 87.7 Å². The predicted octanol–water partition coefficient (Wildman–Crippen LogP) is -2.19. The van der Waals surface area contributed by atoms with E-state index in [1.165, 1.54) is 23.9 Å². The number of primary amides is 1. The lowest BCUT2D eigenvalue weighted by Gasteiger charge is -2.24. The number of carbonyl (C=O) groups excluding carboxylic acids is 4. The zero-order chi connectivity index (χ0) is 27.3. The third kappa shape index (κ3) is 10.9. The number of aliphatic carboxylic acids is 1. The molecule has 0 radical (unpaired) electrons. The standard InChI is InChI=1S/C22H33N5O8S/c1-36-9-8-15(25-19(31)14(23)10-12-2-4-13(29)5-3-12)20(32)27-17(11-28)21(33)26-16(22(34)35)6-7-18(24)30/h2-5,14-17,28-29H,6-11,23H2,1H3,(H2,24,30)(H,25,31)(H,26,33)(H,27,32)(H,34,35). The molecule has 14 heteroatoms. The molecule has 4 amide bonds. The number of phenols is 1. The summed E-state index contributed by atoms with van der Waals surface area (Å²) in [5.74, 6) is -3.99. The number of benzene rings is 1. The molecule has 200 valence electrons. The maximum Gasteiger partial charge on any atom is 0.326 e. The van der Waals surface area contributed by atoms with Crippen LogP contribution in [0.5, 0.6) is 5.75 Å². The van der Waals surface area contributed by atoms with E-state index in [1.807, 2.05) is 0 Å². The average Bonchev–Trinajstić information content (AvgIpc) is 2.83. The van der Waals surface area contributed by atoms with Crippen LogP contribution in [0.3, 0.4) is 0 Å². The first kappa shape index (κ1) is 30.7. The van der Waals surface area contributed by atoms with Gasteiger partial charge in [-0.05, 0) is 49.0 Å². The van der Waals surface area contributed by atoms with Gasteiger partial charge in [0.25, 0.3) is 0 Å². The van der Waals surface area contributed by atoms with Gasteiger partial charge in [-0.3, -0.25) is 19.2 Å². The minimum absolute atomic E-state index is 0.0654. The first-order valence-electron chi connectivity index (χ1n) is 11.0. The molecule has 0 aliphatic carbocycles. The Morgan fingerprint density at radius 3 is 2.00 bits per heavy atom. The molecule has 0 aliphatic heterocycles. The van der Waals surface area contributed by atoms with Crippen molar-refractivity contribution in [3.63, 3.8) is 0 Å². The van der Waals surface area contributed by atoms with Gasteiger partial charge >= 0.3 is 5.97 Å². The number of nitrogens with two attached hydrogens (primary N) is 2. The van der Waals surface area contributed by atoms with Crippen molar-refractivity contribution in [1.29, 1.82) is 0 Å². The van der Waals surface area contributed by atoms with Gasteiger partial charge < -0.3 is 42.7 Å². The number of rotatable bonds is 16. The topological polar surface area (TPSA) is 234 Å². The van der Waals surface area contributed by atoms with Crippen LogP contribution >= 0.6 is 11.8 Å². The van der Waals surface area contributed by atoms with E-state index in [0.717, 1.165) is 0 Å². The van der Waals surface area contributed by atoms with E-state index >= 15 is 0 Å². The SMILES string of the molecule is CSCCC(NC(=O)C(N)Cc1ccc(O)cc1)C(=O)NC(CO)C(=O)NC(CCC(N)=O)C(=O)O. The molecule has 0 fully saturated rings. The maximum atomic E-state index is 12.8. The van der Waals surface area contributed by atoms with Gasteiger partial charge in [0.05, 0.1) is 12.6 Å². The van der Waals surface area contributed by atoms with Crippen molar-refractivity contribution >= 4 is 41.4 Å². The second kappa shape index (κ2) is 15.6. The van der Waals surface area contributed by atoms with Crippen LogP contribution in [0.1, 0.15) is 24.8 Å². The van der Waals surface area contributed by atoms with Crippen molar-refractivity contribution in [2.75, 3.05) is 18.6 Å². The molecular weight excluding hydrogens is 494 g/mol. The average molecular weight is 528 g/mol. The molecule has 1 rings (SSSR count). The van der Waals surface area contributed by atoms with E-state index in [1.54, 1.807) is 18.4 Å². The highest BCUT2D eigenvalue weighted by Crippen LogP contribution is 2.11. The summed E-state index contributed by atoms with van der Waals surface area (Å²) in [6.07, 6.45) is 1.58. The van der Waals surface area contributed by atoms with E-state index in [0.29, 0.717) is 11.3 Å². The van der Waals surface area contributed by atoms with Crippen molar-refractivity contribution in [3.8, 4) is 5.75 Å². The zero-order valence-electron chi connectivity index (χ0n) is 19.8. The Labute approximate surface area is 212 Å². The van der Waals surface area contributed by atoms with Crippen LogP contribution < -0.4 is 27.4 Å². The van der Waals surface area contributed by atoms with Crippen LogP contribution in [0, 0.1) is 0 Å². The minimum Gasteiger partial charge on any atom is -0.508 e. The molecule has 36 heavy (non-hydrogen) atoms. The summed E-state index contributed by atoms with van der Waals surface area (Å²) in [6, 6.07) is 1.08. The molecule has 1 aromatic rings. The van der Waals surface area contributed by atoms with Gasteiger partial charge in [0, 0.05) is 6.42 Å². The van der Waals surface area contributed by atoms with Gasteiger partial charge in [-0.2, -0.15) is 11.8 Å². The summed E-state index contributed by atoms with van der Waals surface area (Å²) >= 11 is 1.42. The summed E-state index contributed by atoms with van der Waals surface area (Å²) in [5, 5.41) is 35.2. The van der Waals surface area contributed by atoms with E-state index in [2.05, 4.69) is 16.0 Å². The quantitative estimate of drug-likeness (QED) is 0.116. The van der Waals surface area contributed by atoms with Crippen LogP contribution in [0.25, 0.3) is 0 Å². The summed E-state index contributed by atoms with van der Waals surface area (Å²) in [4.78, 5) is 60.2. The fraction of sp³-hybridized carbons (Fsp3) is 0.500. The molecule has 4 atom stereocenters. The Kier molecular flexibility index (Phi) is 13.3. The number of hydrogen-bond acceptors (Lipinski definition) is 9. The molecule has 10 N–H and O–H groups in total. The van der Waals surface area contributed by atoms with Crippen molar-refractivity contribution in [2.45, 2.75) is 49.9 Å². The number of carboxylic acids is 1. The van der Waals surface area contributed by atoms with Crippen LogP contribution in [0.15, 0.2) is 24.3 Å². The summed E-state index contributed by atoms with van der Waals surface area (Å²) in [7, 11) is 0. The molecule has 0 aliphatic rings. The van der Waals surface area contributed by atoms with E-state index in [9.17, 15) is 39.3 Å². The summed E-state index contributed by atoms with van der Waals surface area (Å²) in [6.45, 7) is -0.844. The number of hydrogen-bond donors (Lipinski definition) is 8. The number of carboxylic acid groups (broad SMARTS) is 1. The van der Waals surface area contributed by atoms with Crippen molar-refractivity contribution < 1.29 is 39.3 Å². The van der Waals surface area contributed by atoms with E-state index in [-0.39, 0.29) is 31.4 Å². The third-order valence-electron chi connectivity index (χ3n) is 5.08. The number of phenolic OH excluding ortho intramolecular Hbond substituents is 1. The number of carbonyl (C=O) groups is 5. The highest BCUT2D eigenvalue weighted by Gasteiger charge is 2.30. The smallest absolute Gasteiger partial charge is 0.326 e. The van der Waals surface area contributed by atoms with Gasteiger partial charge in [-0.15, -0.1) is 0 Å². The molecule has 13 nitrogen and oxygen atoms in total. The van der Waals surface area contributed by atoms with Gasteiger partial charge in [0.2, 0.25) is 23.6 Å². The van der Waals surface area contributed by atoms with Crippen LogP contribution in [0.2, 0.25) is 0 Å². The van der Waals surface area contributed by atoms with Gasteiger partial charge in [0.1, 0.15) is 23.9 Å². The molecule has 0 spiro atoms. The van der Waals surface area contributed by atoms with Crippen molar-refractivity contribution in [2.24, 2.45) is 11.5 Å². The third-order valence-corrected chi connectivity index (χ3v) is 5.73. The predicted molar refractivity (Wildman–Crippen MR) is 132 cm³/mol. The Bertz CT molecular complexity index is 914. The number of aliphatic hydroxyl groups excluding tert-OH is 1. The molecule has 0 saturated heterocycles. The Morgan fingerprint density at radius 2 is 1.47 bits per heavy atom. The first-order valence-corrected chi connectivity index (χ1v) is 12.4. The van der Waals surface area contributed by atoms with Gasteiger partial charge in [-0.1, -0.05) is 12.1 Å². The highest BCUT2D eigenvalue weighted by atomic mass is 32.2. The monoisotopic (exact) mass is 527 g/mol. The molecule has 0 saturated carbocycles. The van der Waals surface area contributed by atoms with E-state index < -0.39 is 60.4 Å². The highest BCUT2D eigenvalue weighted by molar-refractivity contribution is 7.98. The van der Waals surface area contributed by atoms with Crippen molar-refractivity contribution in [3.05, 3.63) is 29.8 Å². The lowest BCUT2D eigenvalue weighted by molar-refractivity contribution is -0.143. The summed E-state index contributed by atoms with van der Waals surface area (Å²) < 4.78 is 0. The number of nitrogens with one attached hydrogen (secondary N) is 3. The fourth-order valence-electron chi connectivity index (χ4n) is 3.04. The molecule has 0 bridgehead atoms. The zero-order valence-corrected chi connectivity index (χ0v) is 20.6. The molecule has 0 aromatic heterocycles. The lowest BCUT2D eigenvalue weighted by atomic mass is 10.0.